The largest absolute Gasteiger partial charge is 0.348 e. The number of amides is 2. The zero-order valence-electron chi connectivity index (χ0n) is 15.3. The van der Waals surface area contributed by atoms with Crippen LogP contribution in [0.15, 0.2) is 77.8 Å². The molecule has 0 saturated carbocycles. The smallest absolute Gasteiger partial charge is 0.322 e. The minimum Gasteiger partial charge on any atom is -0.348 e. The molecule has 1 atom stereocenters. The molecule has 0 radical (unpaired) electrons. The van der Waals surface area contributed by atoms with E-state index < -0.39 is 0 Å². The molecule has 0 bridgehead atoms. The molecule has 4 rings (SSSR count). The van der Waals surface area contributed by atoms with Gasteiger partial charge in [0, 0.05) is 35.6 Å². The van der Waals surface area contributed by atoms with E-state index in [2.05, 4.69) is 52.5 Å². The van der Waals surface area contributed by atoms with Crippen molar-refractivity contribution in [3.05, 3.63) is 84.2 Å². The Labute approximate surface area is 164 Å². The van der Waals surface area contributed by atoms with Crippen LogP contribution in [0.2, 0.25) is 0 Å². The summed E-state index contributed by atoms with van der Waals surface area (Å²) in [6, 6.07) is 22.5. The van der Waals surface area contributed by atoms with Gasteiger partial charge in [-0.15, -0.1) is 11.8 Å². The zero-order valence-corrected chi connectivity index (χ0v) is 16.2. The number of nitrogens with one attached hydrogen (secondary N) is 1. The molecule has 0 aliphatic carbocycles. The zero-order chi connectivity index (χ0) is 18.6. The molecule has 0 saturated heterocycles. The number of benzene rings is 2. The predicted molar refractivity (Wildman–Crippen MR) is 111 cm³/mol. The van der Waals surface area contributed by atoms with Gasteiger partial charge < -0.3 is 14.8 Å². The van der Waals surface area contributed by atoms with Crippen LogP contribution in [0.3, 0.4) is 0 Å². The van der Waals surface area contributed by atoms with E-state index >= 15 is 0 Å². The lowest BCUT2D eigenvalue weighted by Gasteiger charge is -2.37. The molecule has 2 amide bonds. The van der Waals surface area contributed by atoms with Gasteiger partial charge in [-0.2, -0.15) is 0 Å². The molecule has 1 aliphatic rings. The highest BCUT2D eigenvalue weighted by molar-refractivity contribution is 7.98. The summed E-state index contributed by atoms with van der Waals surface area (Å²) in [5.74, 6) is 0. The van der Waals surface area contributed by atoms with Crippen molar-refractivity contribution in [1.29, 1.82) is 0 Å². The first-order valence-electron chi connectivity index (χ1n) is 9.15. The molecule has 0 fully saturated rings. The standard InChI is InChI=1S/C22H23N3OS/c1-27-19-10-5-9-18(16-19)23-22(26)25-14-13-24-12-6-11-20(24)21(25)15-17-7-3-2-4-8-17/h2-12,16,21H,13-15H2,1H3,(H,23,26)/t21-/m1/s1. The Balaban J connectivity index is 1.58. The van der Waals surface area contributed by atoms with Crippen LogP contribution < -0.4 is 5.32 Å². The van der Waals surface area contributed by atoms with Gasteiger partial charge in [0.15, 0.2) is 0 Å². The molecule has 1 aliphatic heterocycles. The van der Waals surface area contributed by atoms with E-state index in [1.165, 1.54) is 11.3 Å². The highest BCUT2D eigenvalue weighted by Gasteiger charge is 2.31. The fraction of sp³-hybridized carbons (Fsp3) is 0.227. The molecular weight excluding hydrogens is 354 g/mol. The summed E-state index contributed by atoms with van der Waals surface area (Å²) in [4.78, 5) is 16.2. The van der Waals surface area contributed by atoms with Gasteiger partial charge >= 0.3 is 6.03 Å². The number of fused-ring (bicyclic) bond motifs is 1. The van der Waals surface area contributed by atoms with Crippen LogP contribution in [0.4, 0.5) is 10.5 Å². The number of hydrogen-bond donors (Lipinski definition) is 1. The minimum atomic E-state index is -0.0402. The molecule has 3 aromatic rings. The third kappa shape index (κ3) is 3.88. The summed E-state index contributed by atoms with van der Waals surface area (Å²) < 4.78 is 2.26. The average Bonchev–Trinajstić information content (AvgIpc) is 3.18. The van der Waals surface area contributed by atoms with E-state index in [1.54, 1.807) is 11.8 Å². The fourth-order valence-electron chi connectivity index (χ4n) is 3.66. The lowest BCUT2D eigenvalue weighted by atomic mass is 10.0. The number of anilines is 1. The van der Waals surface area contributed by atoms with E-state index in [1.807, 2.05) is 41.5 Å². The Bertz CT molecular complexity index is 922. The first-order chi connectivity index (χ1) is 13.2. The number of carbonyl (C=O) groups is 1. The molecular formula is C22H23N3OS. The van der Waals surface area contributed by atoms with E-state index in [9.17, 15) is 4.79 Å². The number of rotatable bonds is 4. The Kier molecular flexibility index (Phi) is 5.21. The van der Waals surface area contributed by atoms with E-state index in [0.717, 1.165) is 23.5 Å². The van der Waals surface area contributed by atoms with Gasteiger partial charge in [-0.05, 0) is 48.6 Å². The Morgan fingerprint density at radius 3 is 2.74 bits per heavy atom. The van der Waals surface area contributed by atoms with Gasteiger partial charge in [-0.3, -0.25) is 0 Å². The van der Waals surface area contributed by atoms with Gasteiger partial charge in [0.2, 0.25) is 0 Å². The number of urea groups is 1. The molecule has 4 nitrogen and oxygen atoms in total. The van der Waals surface area contributed by atoms with E-state index in [-0.39, 0.29) is 12.1 Å². The second-order valence-electron chi connectivity index (χ2n) is 6.69. The summed E-state index contributed by atoms with van der Waals surface area (Å²) in [6.07, 6.45) is 4.95. The van der Waals surface area contributed by atoms with Gasteiger partial charge in [0.1, 0.15) is 0 Å². The van der Waals surface area contributed by atoms with Crippen LogP contribution >= 0.6 is 11.8 Å². The maximum Gasteiger partial charge on any atom is 0.322 e. The maximum atomic E-state index is 13.1. The van der Waals surface area contributed by atoms with Crippen molar-refractivity contribution >= 4 is 23.5 Å². The molecule has 2 aromatic carbocycles. The number of hydrogen-bond acceptors (Lipinski definition) is 2. The van der Waals surface area contributed by atoms with Crippen LogP contribution in [0, 0.1) is 0 Å². The summed E-state index contributed by atoms with van der Waals surface area (Å²) >= 11 is 1.67. The Morgan fingerprint density at radius 1 is 1.07 bits per heavy atom. The highest BCUT2D eigenvalue weighted by Crippen LogP contribution is 2.30. The van der Waals surface area contributed by atoms with Gasteiger partial charge in [-0.25, -0.2) is 4.79 Å². The number of thioether (sulfide) groups is 1. The first kappa shape index (κ1) is 17.7. The summed E-state index contributed by atoms with van der Waals surface area (Å²) in [5.41, 5.74) is 3.27. The van der Waals surface area contributed by atoms with Crippen molar-refractivity contribution < 1.29 is 4.79 Å². The van der Waals surface area contributed by atoms with Gasteiger partial charge in [0.05, 0.1) is 6.04 Å². The second kappa shape index (κ2) is 7.92. The fourth-order valence-corrected chi connectivity index (χ4v) is 4.12. The molecule has 138 valence electrons. The molecule has 5 heteroatoms. The van der Waals surface area contributed by atoms with Crippen LogP contribution in [-0.4, -0.2) is 28.3 Å². The quantitative estimate of drug-likeness (QED) is 0.647. The van der Waals surface area contributed by atoms with Crippen molar-refractivity contribution in [2.75, 3.05) is 18.1 Å². The average molecular weight is 378 g/mol. The predicted octanol–water partition coefficient (Wildman–Crippen LogP) is 5.04. The summed E-state index contributed by atoms with van der Waals surface area (Å²) in [5, 5.41) is 3.09. The van der Waals surface area contributed by atoms with Crippen LogP contribution in [0.1, 0.15) is 17.3 Å². The Hall–Kier alpha value is -2.66. The first-order valence-corrected chi connectivity index (χ1v) is 10.4. The van der Waals surface area contributed by atoms with Crippen molar-refractivity contribution in [3.8, 4) is 0 Å². The monoisotopic (exact) mass is 377 g/mol. The maximum absolute atomic E-state index is 13.1. The number of carbonyl (C=O) groups excluding carboxylic acids is 1. The molecule has 2 heterocycles. The third-order valence-electron chi connectivity index (χ3n) is 5.02. The lowest BCUT2D eigenvalue weighted by Crippen LogP contribution is -2.44. The lowest BCUT2D eigenvalue weighted by molar-refractivity contribution is 0.167. The number of aromatic nitrogens is 1. The van der Waals surface area contributed by atoms with Crippen LogP contribution in [0.5, 0.6) is 0 Å². The summed E-state index contributed by atoms with van der Waals surface area (Å²) in [6.45, 7) is 1.53. The van der Waals surface area contributed by atoms with Crippen molar-refractivity contribution in [1.82, 2.24) is 9.47 Å². The van der Waals surface area contributed by atoms with Crippen LogP contribution in [0.25, 0.3) is 0 Å². The third-order valence-corrected chi connectivity index (χ3v) is 5.74. The molecule has 1 N–H and O–H groups in total. The molecule has 27 heavy (non-hydrogen) atoms. The topological polar surface area (TPSA) is 37.3 Å². The Morgan fingerprint density at radius 2 is 1.93 bits per heavy atom. The van der Waals surface area contributed by atoms with E-state index in [0.29, 0.717) is 6.54 Å². The second-order valence-corrected chi connectivity index (χ2v) is 7.57. The summed E-state index contributed by atoms with van der Waals surface area (Å²) in [7, 11) is 0. The molecule has 1 aromatic heterocycles. The molecule has 0 unspecified atom stereocenters. The van der Waals surface area contributed by atoms with Crippen molar-refractivity contribution in [2.45, 2.75) is 23.9 Å². The van der Waals surface area contributed by atoms with Gasteiger partial charge in [-0.1, -0.05) is 36.4 Å². The van der Waals surface area contributed by atoms with Crippen molar-refractivity contribution in [3.63, 3.8) is 0 Å². The van der Waals surface area contributed by atoms with Crippen LogP contribution in [-0.2, 0) is 13.0 Å². The van der Waals surface area contributed by atoms with Crippen molar-refractivity contribution in [2.24, 2.45) is 0 Å². The highest BCUT2D eigenvalue weighted by atomic mass is 32.2. The SMILES string of the molecule is CSc1cccc(NC(=O)N2CCn3cccc3[C@H]2Cc2ccccc2)c1. The minimum absolute atomic E-state index is 0.0277. The van der Waals surface area contributed by atoms with Gasteiger partial charge in [0.25, 0.3) is 0 Å². The number of nitrogens with zero attached hydrogens (tertiary/aromatic N) is 2. The molecule has 0 spiro atoms. The normalized spacial score (nSPS) is 16.0. The van der Waals surface area contributed by atoms with E-state index in [4.69, 9.17) is 0 Å².